The van der Waals surface area contributed by atoms with Crippen LogP contribution in [0.5, 0.6) is 0 Å². The van der Waals surface area contributed by atoms with Crippen LogP contribution in [0.4, 0.5) is 15.9 Å². The van der Waals surface area contributed by atoms with Crippen LogP contribution in [-0.2, 0) is 0 Å². The summed E-state index contributed by atoms with van der Waals surface area (Å²) in [4.78, 5) is 21.6. The topological polar surface area (TPSA) is 128 Å². The van der Waals surface area contributed by atoms with Gasteiger partial charge in [-0.2, -0.15) is 5.10 Å². The molecule has 212 valence electrons. The molecule has 1 saturated heterocycles. The van der Waals surface area contributed by atoms with Gasteiger partial charge in [-0.1, -0.05) is 6.07 Å². The van der Waals surface area contributed by atoms with Gasteiger partial charge in [0.1, 0.15) is 17.3 Å². The number of rotatable bonds is 8. The summed E-state index contributed by atoms with van der Waals surface area (Å²) < 4.78 is 14.7. The van der Waals surface area contributed by atoms with Crippen LogP contribution in [0.25, 0.3) is 55.7 Å². The second-order valence-corrected chi connectivity index (χ2v) is 11.0. The van der Waals surface area contributed by atoms with Crippen molar-refractivity contribution in [2.24, 2.45) is 5.73 Å². The predicted molar refractivity (Wildman–Crippen MR) is 165 cm³/mol. The maximum Gasteiger partial charge on any atom is 0.147 e. The van der Waals surface area contributed by atoms with Crippen LogP contribution < -0.4 is 16.0 Å². The number of pyridine rings is 1. The zero-order valence-electron chi connectivity index (χ0n) is 23.4. The van der Waals surface area contributed by atoms with Crippen molar-refractivity contribution in [1.82, 2.24) is 35.0 Å². The van der Waals surface area contributed by atoms with E-state index in [4.69, 9.17) is 10.7 Å². The fraction of sp³-hybridized carbons (Fsp3) is 0.226. The van der Waals surface area contributed by atoms with Gasteiger partial charge in [0.25, 0.3) is 0 Å². The predicted octanol–water partition coefficient (Wildman–Crippen LogP) is 4.49. The quantitative estimate of drug-likeness (QED) is 0.214. The zero-order chi connectivity index (χ0) is 28.8. The molecule has 5 N–H and O–H groups in total. The van der Waals surface area contributed by atoms with Gasteiger partial charge in [0.15, 0.2) is 0 Å². The summed E-state index contributed by atoms with van der Waals surface area (Å²) in [6.45, 7) is 3.11. The number of fused-ring (bicyclic) bond motifs is 2. The van der Waals surface area contributed by atoms with Crippen molar-refractivity contribution in [3.05, 3.63) is 72.9 Å². The highest BCUT2D eigenvalue weighted by atomic mass is 19.1. The van der Waals surface area contributed by atoms with E-state index in [0.29, 0.717) is 17.8 Å². The van der Waals surface area contributed by atoms with Gasteiger partial charge < -0.3 is 25.8 Å². The minimum Gasteiger partial charge on any atom is -0.384 e. The Balaban J connectivity index is 1.24. The smallest absolute Gasteiger partial charge is 0.147 e. The van der Waals surface area contributed by atoms with Crippen molar-refractivity contribution < 1.29 is 4.39 Å². The first kappa shape index (κ1) is 26.1. The lowest BCUT2D eigenvalue weighted by atomic mass is 10.1. The third kappa shape index (κ3) is 4.93. The first-order valence-electron chi connectivity index (χ1n) is 13.9. The number of likely N-dealkylation sites (N-methyl/N-ethyl adjacent to an activating group) is 1. The normalized spacial score (nSPS) is 13.8. The number of H-pyrrole nitrogens is 2. The number of aromatic nitrogens is 6. The van der Waals surface area contributed by atoms with E-state index in [0.717, 1.165) is 75.6 Å². The number of aromatic amines is 2. The first-order chi connectivity index (χ1) is 20.4. The van der Waals surface area contributed by atoms with Crippen molar-refractivity contribution in [1.29, 1.82) is 0 Å². The Morgan fingerprint density at radius 3 is 2.69 bits per heavy atom. The molecule has 42 heavy (non-hydrogen) atoms. The van der Waals surface area contributed by atoms with E-state index < -0.39 is 0 Å². The molecule has 10 nitrogen and oxygen atoms in total. The largest absolute Gasteiger partial charge is 0.384 e. The van der Waals surface area contributed by atoms with Crippen LogP contribution in [0.1, 0.15) is 0 Å². The zero-order valence-corrected chi connectivity index (χ0v) is 23.4. The van der Waals surface area contributed by atoms with Crippen molar-refractivity contribution in [3.8, 4) is 33.9 Å². The Morgan fingerprint density at radius 1 is 1.00 bits per heavy atom. The van der Waals surface area contributed by atoms with Crippen LogP contribution in [0.2, 0.25) is 0 Å². The monoisotopic (exact) mass is 562 g/mol. The van der Waals surface area contributed by atoms with Gasteiger partial charge >= 0.3 is 0 Å². The fourth-order valence-corrected chi connectivity index (χ4v) is 5.39. The standard InChI is InChI=1S/C31H31FN10/c1-41(2)8-7-35-22-10-19(9-20(32)12-22)30-24-13-27(37-25(24)5-6-36-30)31-23-11-18(3-4-26(23)39-40-31)28-14-34-15-29(38-28)42-16-21(33)17-42/h3-6,9-15,21,35,37H,7-8,16-17,33H2,1-2H3,(H,39,40). The van der Waals surface area contributed by atoms with E-state index in [1.807, 2.05) is 44.4 Å². The Hall–Kier alpha value is -4.87. The Bertz CT molecular complexity index is 1900. The number of benzene rings is 2. The van der Waals surface area contributed by atoms with Crippen molar-refractivity contribution in [2.75, 3.05) is 50.5 Å². The molecule has 0 amide bonds. The molecular formula is C31H31FN10. The molecule has 0 bridgehead atoms. The van der Waals surface area contributed by atoms with E-state index in [1.54, 1.807) is 18.6 Å². The molecule has 7 rings (SSSR count). The molecule has 11 heteroatoms. The summed E-state index contributed by atoms with van der Waals surface area (Å²) in [5, 5.41) is 12.9. The molecule has 0 spiro atoms. The van der Waals surface area contributed by atoms with Gasteiger partial charge in [0, 0.05) is 71.5 Å². The number of nitrogens with one attached hydrogen (secondary N) is 3. The summed E-state index contributed by atoms with van der Waals surface area (Å²) in [5.41, 5.74) is 13.2. The Morgan fingerprint density at radius 2 is 1.86 bits per heavy atom. The van der Waals surface area contributed by atoms with E-state index >= 15 is 0 Å². The molecular weight excluding hydrogens is 531 g/mol. The molecule has 0 saturated carbocycles. The minimum absolute atomic E-state index is 0.181. The van der Waals surface area contributed by atoms with Crippen molar-refractivity contribution in [2.45, 2.75) is 6.04 Å². The number of nitrogens with two attached hydrogens (primary N) is 1. The molecule has 0 unspecified atom stereocenters. The average molecular weight is 563 g/mol. The SMILES string of the molecule is CN(C)CCNc1cc(F)cc(-c2nccc3[nH]c(-c4n[nH]c5ccc(-c6cncc(N7CC(N)C7)n6)cc45)cc23)c1. The number of hydrogen-bond donors (Lipinski definition) is 4. The van der Waals surface area contributed by atoms with E-state index in [-0.39, 0.29) is 11.9 Å². The van der Waals surface area contributed by atoms with Gasteiger partial charge in [-0.15, -0.1) is 0 Å². The summed E-state index contributed by atoms with van der Waals surface area (Å²) in [7, 11) is 4.01. The average Bonchev–Trinajstić information content (AvgIpc) is 3.59. The van der Waals surface area contributed by atoms with Gasteiger partial charge in [0.2, 0.25) is 0 Å². The highest BCUT2D eigenvalue weighted by Gasteiger charge is 2.25. The number of nitrogens with zero attached hydrogens (tertiary/aromatic N) is 6. The van der Waals surface area contributed by atoms with Gasteiger partial charge in [0.05, 0.1) is 35.0 Å². The molecule has 1 aliphatic heterocycles. The summed E-state index contributed by atoms with van der Waals surface area (Å²) in [6, 6.07) is 15.2. The fourth-order valence-electron chi connectivity index (χ4n) is 5.39. The molecule has 1 aliphatic rings. The van der Waals surface area contributed by atoms with Gasteiger partial charge in [-0.05, 0) is 56.6 Å². The lowest BCUT2D eigenvalue weighted by Crippen LogP contribution is -2.56. The maximum absolute atomic E-state index is 14.7. The minimum atomic E-state index is -0.315. The highest BCUT2D eigenvalue weighted by molar-refractivity contribution is 6.01. The highest BCUT2D eigenvalue weighted by Crippen LogP contribution is 2.35. The number of halogens is 1. The van der Waals surface area contributed by atoms with E-state index in [2.05, 4.69) is 46.3 Å². The molecule has 4 aromatic heterocycles. The van der Waals surface area contributed by atoms with E-state index in [1.165, 1.54) is 12.1 Å². The number of hydrogen-bond acceptors (Lipinski definition) is 8. The molecule has 5 heterocycles. The van der Waals surface area contributed by atoms with Crippen molar-refractivity contribution in [3.63, 3.8) is 0 Å². The molecule has 1 fully saturated rings. The summed E-state index contributed by atoms with van der Waals surface area (Å²) in [5.74, 6) is 0.509. The second-order valence-electron chi connectivity index (χ2n) is 11.0. The third-order valence-electron chi connectivity index (χ3n) is 7.58. The molecule has 2 aromatic carbocycles. The molecule has 0 aliphatic carbocycles. The molecule has 6 aromatic rings. The first-order valence-corrected chi connectivity index (χ1v) is 13.9. The maximum atomic E-state index is 14.7. The van der Waals surface area contributed by atoms with Crippen LogP contribution in [-0.4, -0.2) is 81.3 Å². The van der Waals surface area contributed by atoms with Crippen LogP contribution in [0.3, 0.4) is 0 Å². The Labute approximate surface area is 241 Å². The summed E-state index contributed by atoms with van der Waals surface area (Å²) in [6.07, 6.45) is 5.28. The summed E-state index contributed by atoms with van der Waals surface area (Å²) >= 11 is 0. The third-order valence-corrected chi connectivity index (χ3v) is 7.58. The van der Waals surface area contributed by atoms with Crippen LogP contribution >= 0.6 is 0 Å². The lowest BCUT2D eigenvalue weighted by Gasteiger charge is -2.37. The lowest BCUT2D eigenvalue weighted by molar-refractivity contribution is 0.425. The van der Waals surface area contributed by atoms with Crippen LogP contribution in [0, 0.1) is 5.82 Å². The van der Waals surface area contributed by atoms with Crippen LogP contribution in [0.15, 0.2) is 67.1 Å². The van der Waals surface area contributed by atoms with Gasteiger partial charge in [-0.25, -0.2) is 9.37 Å². The van der Waals surface area contributed by atoms with Gasteiger partial charge in [-0.3, -0.25) is 15.1 Å². The molecule has 0 atom stereocenters. The van der Waals surface area contributed by atoms with Crippen molar-refractivity contribution >= 4 is 33.3 Å². The number of anilines is 2. The molecule has 0 radical (unpaired) electrons. The van der Waals surface area contributed by atoms with E-state index in [9.17, 15) is 4.39 Å². The second kappa shape index (κ2) is 10.5. The Kier molecular flexibility index (Phi) is 6.52.